The van der Waals surface area contributed by atoms with E-state index in [9.17, 15) is 14.0 Å². The van der Waals surface area contributed by atoms with E-state index in [-0.39, 0.29) is 12.1 Å². The number of hydrazone groups is 1. The van der Waals surface area contributed by atoms with Crippen LogP contribution < -0.4 is 15.5 Å². The highest BCUT2D eigenvalue weighted by Crippen LogP contribution is 2.18. The largest absolute Gasteiger partial charge is 0.488 e. The second kappa shape index (κ2) is 10.9. The lowest BCUT2D eigenvalue weighted by atomic mass is 10.2. The molecule has 0 radical (unpaired) electrons. The number of rotatable bonds is 8. The molecule has 8 heteroatoms. The fraction of sp³-hybridized carbons (Fsp3) is 0.0870. The zero-order valence-electron chi connectivity index (χ0n) is 16.3. The average molecular weight is 440 g/mol. The Morgan fingerprint density at radius 2 is 1.71 bits per heavy atom. The van der Waals surface area contributed by atoms with E-state index in [0.717, 1.165) is 5.56 Å². The van der Waals surface area contributed by atoms with Crippen molar-refractivity contribution < 1.29 is 18.7 Å². The van der Waals surface area contributed by atoms with Gasteiger partial charge in [-0.3, -0.25) is 9.59 Å². The van der Waals surface area contributed by atoms with Gasteiger partial charge in [-0.1, -0.05) is 35.9 Å². The van der Waals surface area contributed by atoms with Crippen LogP contribution >= 0.6 is 11.6 Å². The zero-order chi connectivity index (χ0) is 22.1. The third-order valence-electron chi connectivity index (χ3n) is 4.14. The number of nitrogens with zero attached hydrogens (tertiary/aromatic N) is 1. The van der Waals surface area contributed by atoms with Crippen molar-refractivity contribution in [1.29, 1.82) is 0 Å². The molecule has 0 saturated carbocycles. The van der Waals surface area contributed by atoms with Gasteiger partial charge >= 0.3 is 0 Å². The molecule has 0 bridgehead atoms. The average Bonchev–Trinajstić information content (AvgIpc) is 2.78. The number of benzene rings is 3. The smallest absolute Gasteiger partial charge is 0.259 e. The molecule has 2 N–H and O–H groups in total. The highest BCUT2D eigenvalue weighted by Gasteiger charge is 2.08. The van der Waals surface area contributed by atoms with Crippen LogP contribution in [0, 0.1) is 5.82 Å². The predicted octanol–water partition coefficient (Wildman–Crippen LogP) is 3.94. The molecule has 0 aliphatic carbocycles. The number of ether oxygens (including phenoxy) is 1. The van der Waals surface area contributed by atoms with Gasteiger partial charge in [0.1, 0.15) is 18.2 Å². The summed E-state index contributed by atoms with van der Waals surface area (Å²) in [4.78, 5) is 23.8. The van der Waals surface area contributed by atoms with Gasteiger partial charge in [-0.25, -0.2) is 9.82 Å². The van der Waals surface area contributed by atoms with Crippen molar-refractivity contribution in [1.82, 2.24) is 10.7 Å². The minimum Gasteiger partial charge on any atom is -0.488 e. The van der Waals surface area contributed by atoms with Crippen molar-refractivity contribution >= 4 is 29.6 Å². The topological polar surface area (TPSA) is 79.8 Å². The Hall–Kier alpha value is -3.71. The van der Waals surface area contributed by atoms with E-state index in [0.29, 0.717) is 22.9 Å². The molecule has 158 valence electrons. The van der Waals surface area contributed by atoms with Crippen LogP contribution in [0.15, 0.2) is 77.9 Å². The molecule has 2 amide bonds. The molecule has 0 heterocycles. The van der Waals surface area contributed by atoms with Crippen molar-refractivity contribution in [2.45, 2.75) is 6.61 Å². The molecule has 3 rings (SSSR count). The second-order valence-electron chi connectivity index (χ2n) is 6.44. The lowest BCUT2D eigenvalue weighted by Crippen LogP contribution is -2.34. The fourth-order valence-corrected chi connectivity index (χ4v) is 2.66. The molecule has 0 aliphatic rings. The first-order valence-electron chi connectivity index (χ1n) is 9.33. The first-order valence-corrected chi connectivity index (χ1v) is 9.71. The van der Waals surface area contributed by atoms with Gasteiger partial charge in [-0.15, -0.1) is 0 Å². The van der Waals surface area contributed by atoms with E-state index in [1.54, 1.807) is 24.3 Å². The number of carbonyl (C=O) groups excluding carboxylic acids is 2. The molecule has 0 spiro atoms. The minimum absolute atomic E-state index is 0.254. The van der Waals surface area contributed by atoms with Crippen LogP contribution in [-0.4, -0.2) is 24.6 Å². The summed E-state index contributed by atoms with van der Waals surface area (Å²) in [5, 5.41) is 7.00. The summed E-state index contributed by atoms with van der Waals surface area (Å²) in [7, 11) is 0. The Labute approximate surface area is 183 Å². The monoisotopic (exact) mass is 439 g/mol. The van der Waals surface area contributed by atoms with Gasteiger partial charge in [0, 0.05) is 16.1 Å². The number of hydrogen-bond donors (Lipinski definition) is 2. The normalized spacial score (nSPS) is 10.6. The Morgan fingerprint density at radius 1 is 1.00 bits per heavy atom. The maximum Gasteiger partial charge on any atom is 0.259 e. The SMILES string of the molecule is O=C(CNC(=O)c1ccc(F)cc1)N/N=C/c1ccccc1OCc1ccc(Cl)cc1. The van der Waals surface area contributed by atoms with Crippen LogP contribution in [-0.2, 0) is 11.4 Å². The first-order chi connectivity index (χ1) is 15.0. The summed E-state index contributed by atoms with van der Waals surface area (Å²) < 4.78 is 18.7. The number of para-hydroxylation sites is 1. The Morgan fingerprint density at radius 3 is 2.45 bits per heavy atom. The molecule has 3 aromatic rings. The Kier molecular flexibility index (Phi) is 7.73. The molecule has 0 aromatic heterocycles. The lowest BCUT2D eigenvalue weighted by Gasteiger charge is -2.09. The maximum absolute atomic E-state index is 12.9. The van der Waals surface area contributed by atoms with Crippen molar-refractivity contribution in [2.24, 2.45) is 5.10 Å². The Balaban J connectivity index is 1.49. The van der Waals surface area contributed by atoms with Crippen LogP contribution in [0.3, 0.4) is 0 Å². The van der Waals surface area contributed by atoms with E-state index >= 15 is 0 Å². The third-order valence-corrected chi connectivity index (χ3v) is 4.39. The van der Waals surface area contributed by atoms with Crippen molar-refractivity contribution in [2.75, 3.05) is 6.54 Å². The number of amides is 2. The lowest BCUT2D eigenvalue weighted by molar-refractivity contribution is -0.120. The summed E-state index contributed by atoms with van der Waals surface area (Å²) in [5.41, 5.74) is 4.23. The fourth-order valence-electron chi connectivity index (χ4n) is 2.54. The highest BCUT2D eigenvalue weighted by molar-refractivity contribution is 6.30. The summed E-state index contributed by atoms with van der Waals surface area (Å²) in [6.07, 6.45) is 1.46. The van der Waals surface area contributed by atoms with Gasteiger partial charge in [0.25, 0.3) is 11.8 Å². The van der Waals surface area contributed by atoms with Crippen LogP contribution in [0.4, 0.5) is 4.39 Å². The number of hydrogen-bond acceptors (Lipinski definition) is 4. The quantitative estimate of drug-likeness (QED) is 0.412. The highest BCUT2D eigenvalue weighted by atomic mass is 35.5. The third kappa shape index (κ3) is 6.94. The molecule has 31 heavy (non-hydrogen) atoms. The number of nitrogens with one attached hydrogen (secondary N) is 2. The number of carbonyl (C=O) groups is 2. The van der Waals surface area contributed by atoms with Crippen LogP contribution in [0.5, 0.6) is 5.75 Å². The molecular formula is C23H19ClFN3O3. The second-order valence-corrected chi connectivity index (χ2v) is 6.87. The summed E-state index contributed by atoms with van der Waals surface area (Å²) in [5.74, 6) is -0.840. The maximum atomic E-state index is 12.9. The molecular weight excluding hydrogens is 421 g/mol. The molecule has 6 nitrogen and oxygen atoms in total. The van der Waals surface area contributed by atoms with Gasteiger partial charge in [0.2, 0.25) is 0 Å². The molecule has 0 atom stereocenters. The van der Waals surface area contributed by atoms with Crippen LogP contribution in [0.25, 0.3) is 0 Å². The number of halogens is 2. The molecule has 3 aromatic carbocycles. The van der Waals surface area contributed by atoms with Gasteiger partial charge in [0.15, 0.2) is 0 Å². The first kappa shape index (κ1) is 22.0. The van der Waals surface area contributed by atoms with E-state index < -0.39 is 17.6 Å². The van der Waals surface area contributed by atoms with Gasteiger partial charge in [-0.05, 0) is 54.1 Å². The molecule has 0 saturated heterocycles. The van der Waals surface area contributed by atoms with Crippen molar-refractivity contribution in [3.05, 3.63) is 100 Å². The molecule has 0 aliphatic heterocycles. The van der Waals surface area contributed by atoms with E-state index in [2.05, 4.69) is 15.8 Å². The zero-order valence-corrected chi connectivity index (χ0v) is 17.1. The van der Waals surface area contributed by atoms with E-state index in [1.165, 1.54) is 30.5 Å². The van der Waals surface area contributed by atoms with Gasteiger partial charge < -0.3 is 10.1 Å². The van der Waals surface area contributed by atoms with Crippen LogP contribution in [0.1, 0.15) is 21.5 Å². The Bertz CT molecular complexity index is 1070. The van der Waals surface area contributed by atoms with Crippen LogP contribution in [0.2, 0.25) is 5.02 Å². The standard InChI is InChI=1S/C23H19ClFN3O3/c24-19-9-5-16(6-10-19)15-31-21-4-2-1-3-18(21)13-27-28-22(29)14-26-23(30)17-7-11-20(25)12-8-17/h1-13H,14-15H2,(H,26,30)(H,28,29)/b27-13+. The van der Waals surface area contributed by atoms with Crippen molar-refractivity contribution in [3.63, 3.8) is 0 Å². The van der Waals surface area contributed by atoms with Gasteiger partial charge in [-0.2, -0.15) is 5.10 Å². The van der Waals surface area contributed by atoms with E-state index in [1.807, 2.05) is 24.3 Å². The summed E-state index contributed by atoms with van der Waals surface area (Å²) in [6, 6.07) is 19.6. The van der Waals surface area contributed by atoms with Crippen molar-refractivity contribution in [3.8, 4) is 5.75 Å². The summed E-state index contributed by atoms with van der Waals surface area (Å²) in [6.45, 7) is 0.0755. The molecule has 0 fully saturated rings. The van der Waals surface area contributed by atoms with E-state index in [4.69, 9.17) is 16.3 Å². The summed E-state index contributed by atoms with van der Waals surface area (Å²) >= 11 is 5.88. The predicted molar refractivity (Wildman–Crippen MR) is 117 cm³/mol. The minimum atomic E-state index is -0.508. The molecule has 0 unspecified atom stereocenters. The van der Waals surface area contributed by atoms with Gasteiger partial charge in [0.05, 0.1) is 12.8 Å².